The number of hydrogen-bond acceptors (Lipinski definition) is 0. The lowest BCUT2D eigenvalue weighted by atomic mass is 9.90. The predicted molar refractivity (Wildman–Crippen MR) is 32.5 cm³/mol. The molecule has 1 aliphatic rings. The van der Waals surface area contributed by atoms with Crippen LogP contribution >= 0.6 is 0 Å². The first-order valence-electron chi connectivity index (χ1n) is 3.16. The van der Waals surface area contributed by atoms with Gasteiger partial charge in [-0.05, 0) is 17.8 Å². The van der Waals surface area contributed by atoms with Crippen molar-refractivity contribution in [3.63, 3.8) is 0 Å². The second-order valence-electron chi connectivity index (χ2n) is 3.72. The highest BCUT2D eigenvalue weighted by Gasteiger charge is 2.45. The molecule has 0 N–H and O–H groups in total. The summed E-state index contributed by atoms with van der Waals surface area (Å²) in [6.07, 6.45) is 0.304. The molecule has 2 atom stereocenters. The van der Waals surface area contributed by atoms with Crippen LogP contribution in [0.5, 0.6) is 0 Å². The third-order valence-corrected chi connectivity index (χ3v) is 1.82. The fourth-order valence-corrected chi connectivity index (χ4v) is 1.06. The van der Waals surface area contributed by atoms with E-state index in [1.807, 2.05) is 0 Å². The van der Waals surface area contributed by atoms with E-state index in [2.05, 4.69) is 20.8 Å². The van der Waals surface area contributed by atoms with Crippen LogP contribution < -0.4 is 0 Å². The Labute approximate surface area is 50.1 Å². The fourth-order valence-electron chi connectivity index (χ4n) is 1.06. The maximum Gasteiger partial charge on any atom is 0.104 e. The van der Waals surface area contributed by atoms with Crippen molar-refractivity contribution in [2.75, 3.05) is 0 Å². The molecule has 0 aliphatic heterocycles. The van der Waals surface area contributed by atoms with E-state index in [1.165, 1.54) is 0 Å². The van der Waals surface area contributed by atoms with Crippen LogP contribution in [0.25, 0.3) is 0 Å². The summed E-state index contributed by atoms with van der Waals surface area (Å²) in [5, 5.41) is 0. The minimum atomic E-state index is -0.491. The first kappa shape index (κ1) is 6.06. The topological polar surface area (TPSA) is 0 Å². The average Bonchev–Trinajstić information content (AvgIpc) is 2.13. The highest BCUT2D eigenvalue weighted by Crippen LogP contribution is 2.47. The van der Waals surface area contributed by atoms with Gasteiger partial charge in [-0.1, -0.05) is 20.8 Å². The summed E-state index contributed by atoms with van der Waals surface area (Å²) in [6.45, 7) is 6.28. The summed E-state index contributed by atoms with van der Waals surface area (Å²) in [5.41, 5.74) is 0.208. The summed E-state index contributed by atoms with van der Waals surface area (Å²) in [7, 11) is 0. The average molecular weight is 116 g/mol. The van der Waals surface area contributed by atoms with Crippen LogP contribution in [0.3, 0.4) is 0 Å². The van der Waals surface area contributed by atoms with Gasteiger partial charge in [-0.2, -0.15) is 0 Å². The lowest BCUT2D eigenvalue weighted by Crippen LogP contribution is -2.09. The summed E-state index contributed by atoms with van der Waals surface area (Å²) in [4.78, 5) is 0. The molecule has 1 rings (SSSR count). The highest BCUT2D eigenvalue weighted by atomic mass is 19.1. The van der Waals surface area contributed by atoms with Crippen molar-refractivity contribution in [3.05, 3.63) is 0 Å². The summed E-state index contributed by atoms with van der Waals surface area (Å²) < 4.78 is 12.3. The van der Waals surface area contributed by atoms with Gasteiger partial charge in [0.15, 0.2) is 0 Å². The van der Waals surface area contributed by atoms with E-state index in [9.17, 15) is 4.39 Å². The molecule has 0 amide bonds. The molecule has 0 aromatic heterocycles. The molecule has 48 valence electrons. The Morgan fingerprint density at radius 2 is 1.75 bits per heavy atom. The van der Waals surface area contributed by atoms with Gasteiger partial charge in [0.1, 0.15) is 6.17 Å². The largest absolute Gasteiger partial charge is 0.247 e. The van der Waals surface area contributed by atoms with Crippen molar-refractivity contribution >= 4 is 0 Å². The number of hydrogen-bond donors (Lipinski definition) is 0. The van der Waals surface area contributed by atoms with E-state index < -0.39 is 6.17 Å². The zero-order valence-corrected chi connectivity index (χ0v) is 5.74. The molecule has 0 radical (unpaired) electrons. The van der Waals surface area contributed by atoms with E-state index in [-0.39, 0.29) is 5.41 Å². The first-order chi connectivity index (χ1) is 3.52. The Bertz CT molecular complexity index is 91.1. The predicted octanol–water partition coefficient (Wildman–Crippen LogP) is 2.39. The van der Waals surface area contributed by atoms with Crippen LogP contribution in [0.2, 0.25) is 0 Å². The Morgan fingerprint density at radius 3 is 1.75 bits per heavy atom. The Hall–Kier alpha value is -0.0700. The second kappa shape index (κ2) is 1.46. The van der Waals surface area contributed by atoms with Gasteiger partial charge in [-0.25, -0.2) is 4.39 Å². The third kappa shape index (κ3) is 1.01. The van der Waals surface area contributed by atoms with Crippen LogP contribution in [0.4, 0.5) is 4.39 Å². The summed E-state index contributed by atoms with van der Waals surface area (Å²) in [5.74, 6) is 0.350. The molecule has 1 saturated carbocycles. The van der Waals surface area contributed by atoms with Gasteiger partial charge in [0.2, 0.25) is 0 Å². The number of rotatable bonds is 0. The molecule has 0 saturated heterocycles. The Kier molecular flexibility index (Phi) is 1.10. The van der Waals surface area contributed by atoms with Gasteiger partial charge < -0.3 is 0 Å². The Balaban J connectivity index is 2.39. The molecular weight excluding hydrogens is 103 g/mol. The summed E-state index contributed by atoms with van der Waals surface area (Å²) >= 11 is 0. The molecule has 0 nitrogen and oxygen atoms in total. The number of alkyl halides is 1. The molecule has 8 heavy (non-hydrogen) atoms. The number of halogens is 1. The van der Waals surface area contributed by atoms with Crippen LogP contribution in [0, 0.1) is 11.3 Å². The van der Waals surface area contributed by atoms with Crippen molar-refractivity contribution in [1.82, 2.24) is 0 Å². The molecule has 0 heterocycles. The van der Waals surface area contributed by atoms with Crippen LogP contribution in [-0.4, -0.2) is 6.17 Å². The molecule has 1 heteroatoms. The fraction of sp³-hybridized carbons (Fsp3) is 1.00. The Morgan fingerprint density at radius 1 is 1.38 bits per heavy atom. The monoisotopic (exact) mass is 116 g/mol. The van der Waals surface area contributed by atoms with E-state index in [0.29, 0.717) is 5.92 Å². The lowest BCUT2D eigenvalue weighted by molar-refractivity contribution is 0.297. The molecule has 0 unspecified atom stereocenters. The standard InChI is InChI=1S/C7H13F/c1-7(2,3)5-4-6(5)8/h5-6H,4H2,1-3H3/t5-,6-/m1/s1. The SMILES string of the molecule is CC(C)(C)[C@@H]1C[C@H]1F. The molecule has 0 spiro atoms. The van der Waals surface area contributed by atoms with Crippen LogP contribution in [0.15, 0.2) is 0 Å². The maximum atomic E-state index is 12.3. The summed E-state index contributed by atoms with van der Waals surface area (Å²) in [6, 6.07) is 0. The van der Waals surface area contributed by atoms with E-state index in [1.54, 1.807) is 0 Å². The van der Waals surface area contributed by atoms with Crippen molar-refractivity contribution in [3.8, 4) is 0 Å². The van der Waals surface area contributed by atoms with Crippen molar-refractivity contribution < 1.29 is 4.39 Å². The van der Waals surface area contributed by atoms with Gasteiger partial charge in [0, 0.05) is 0 Å². The van der Waals surface area contributed by atoms with E-state index in [0.717, 1.165) is 6.42 Å². The van der Waals surface area contributed by atoms with Gasteiger partial charge in [-0.15, -0.1) is 0 Å². The van der Waals surface area contributed by atoms with E-state index in [4.69, 9.17) is 0 Å². The smallest absolute Gasteiger partial charge is 0.104 e. The highest BCUT2D eigenvalue weighted by molar-refractivity contribution is 4.94. The van der Waals surface area contributed by atoms with Gasteiger partial charge >= 0.3 is 0 Å². The van der Waals surface area contributed by atoms with Gasteiger partial charge in [-0.3, -0.25) is 0 Å². The normalized spacial score (nSPS) is 37.5. The molecule has 0 aromatic rings. The van der Waals surface area contributed by atoms with Crippen molar-refractivity contribution in [1.29, 1.82) is 0 Å². The van der Waals surface area contributed by atoms with Crippen LogP contribution in [0.1, 0.15) is 27.2 Å². The maximum absolute atomic E-state index is 12.3. The molecule has 0 aromatic carbocycles. The van der Waals surface area contributed by atoms with Crippen molar-refractivity contribution in [2.45, 2.75) is 33.4 Å². The molecule has 1 aliphatic carbocycles. The van der Waals surface area contributed by atoms with Crippen molar-refractivity contribution in [2.24, 2.45) is 11.3 Å². The van der Waals surface area contributed by atoms with E-state index >= 15 is 0 Å². The van der Waals surface area contributed by atoms with Crippen LogP contribution in [-0.2, 0) is 0 Å². The van der Waals surface area contributed by atoms with Gasteiger partial charge in [0.25, 0.3) is 0 Å². The lowest BCUT2D eigenvalue weighted by Gasteiger charge is -2.15. The minimum Gasteiger partial charge on any atom is -0.247 e. The quantitative estimate of drug-likeness (QED) is 0.456. The zero-order valence-electron chi connectivity index (χ0n) is 5.74. The van der Waals surface area contributed by atoms with Gasteiger partial charge in [0.05, 0.1) is 0 Å². The first-order valence-corrected chi connectivity index (χ1v) is 3.16. The third-order valence-electron chi connectivity index (χ3n) is 1.82. The molecule has 1 fully saturated rings. The minimum absolute atomic E-state index is 0.208. The second-order valence-corrected chi connectivity index (χ2v) is 3.72. The molecule has 0 bridgehead atoms. The zero-order chi connectivity index (χ0) is 6.36. The molecular formula is C7H13F.